The minimum atomic E-state index is -0.300. The third kappa shape index (κ3) is 3.83. The molecule has 108 valence electrons. The molecule has 2 rings (SSSR count). The van der Waals surface area contributed by atoms with Crippen LogP contribution in [0.5, 0.6) is 0 Å². The van der Waals surface area contributed by atoms with E-state index >= 15 is 0 Å². The van der Waals surface area contributed by atoms with Gasteiger partial charge in [-0.3, -0.25) is 4.79 Å². The van der Waals surface area contributed by atoms with Crippen LogP contribution in [0.15, 0.2) is 24.3 Å². The summed E-state index contributed by atoms with van der Waals surface area (Å²) in [7, 11) is 1.39. The zero-order chi connectivity index (χ0) is 14.4. The highest BCUT2D eigenvalue weighted by atomic mass is 16.5. The first kappa shape index (κ1) is 14.6. The number of carbonyl (C=O) groups is 2. The molecule has 1 amide bonds. The fourth-order valence-corrected chi connectivity index (χ4v) is 2.64. The first-order valence-corrected chi connectivity index (χ1v) is 7.16. The lowest BCUT2D eigenvalue weighted by atomic mass is 9.98. The number of methoxy groups -OCH3 is 1. The van der Waals surface area contributed by atoms with Crippen molar-refractivity contribution in [3.05, 3.63) is 35.4 Å². The Morgan fingerprint density at radius 1 is 1.35 bits per heavy atom. The van der Waals surface area contributed by atoms with Crippen LogP contribution in [-0.4, -0.2) is 25.0 Å². The lowest BCUT2D eigenvalue weighted by Gasteiger charge is -2.16. The summed E-state index contributed by atoms with van der Waals surface area (Å²) in [5.41, 5.74) is 1.60. The molecule has 0 radical (unpaired) electrons. The van der Waals surface area contributed by atoms with Crippen LogP contribution in [0.1, 0.15) is 48.0 Å². The summed E-state index contributed by atoms with van der Waals surface area (Å²) >= 11 is 0. The van der Waals surface area contributed by atoms with Crippen LogP contribution in [0.4, 0.5) is 0 Å². The normalized spacial score (nSPS) is 19.1. The summed E-state index contributed by atoms with van der Waals surface area (Å²) in [6, 6.07) is 7.71. The number of ether oxygens (including phenoxy) is 1. The first-order valence-electron chi connectivity index (χ1n) is 7.16. The zero-order valence-corrected chi connectivity index (χ0v) is 11.9. The Morgan fingerprint density at radius 3 is 2.95 bits per heavy atom. The van der Waals surface area contributed by atoms with Gasteiger partial charge in [-0.15, -0.1) is 0 Å². The van der Waals surface area contributed by atoms with Crippen LogP contribution in [0, 0.1) is 0 Å². The monoisotopic (exact) mass is 275 g/mol. The Kier molecular flexibility index (Phi) is 5.16. The Labute approximate surface area is 119 Å². The fraction of sp³-hybridized carbons (Fsp3) is 0.500. The quantitative estimate of drug-likeness (QED) is 0.859. The Bertz CT molecular complexity index is 484. The predicted octanol–water partition coefficient (Wildman–Crippen LogP) is 2.46. The van der Waals surface area contributed by atoms with E-state index in [9.17, 15) is 9.59 Å². The number of esters is 1. The van der Waals surface area contributed by atoms with Crippen LogP contribution in [-0.2, 0) is 16.0 Å². The van der Waals surface area contributed by atoms with Crippen molar-refractivity contribution in [2.45, 2.75) is 44.6 Å². The number of amides is 1. The Morgan fingerprint density at radius 2 is 2.15 bits per heavy atom. The van der Waals surface area contributed by atoms with Crippen molar-refractivity contribution in [3.63, 3.8) is 0 Å². The molecule has 1 N–H and O–H groups in total. The molecule has 0 aromatic heterocycles. The van der Waals surface area contributed by atoms with Crippen molar-refractivity contribution in [3.8, 4) is 0 Å². The second-order valence-electron chi connectivity index (χ2n) is 5.20. The average Bonchev–Trinajstić information content (AvgIpc) is 2.69. The largest absolute Gasteiger partial charge is 0.465 e. The molecule has 20 heavy (non-hydrogen) atoms. The summed E-state index contributed by atoms with van der Waals surface area (Å²) in [5.74, 6) is -0.153. The van der Waals surface area contributed by atoms with Gasteiger partial charge in [-0.25, -0.2) is 4.79 Å². The fourth-order valence-electron chi connectivity index (χ4n) is 2.64. The van der Waals surface area contributed by atoms with Crippen molar-refractivity contribution in [1.82, 2.24) is 5.32 Å². The minimum absolute atomic E-state index is 0.147. The summed E-state index contributed by atoms with van der Waals surface area (Å²) in [6.45, 7) is 0. The van der Waals surface area contributed by atoms with Crippen LogP contribution in [0.3, 0.4) is 0 Å². The molecule has 1 unspecified atom stereocenters. The molecule has 1 fully saturated rings. The average molecular weight is 275 g/mol. The van der Waals surface area contributed by atoms with E-state index in [4.69, 9.17) is 4.74 Å². The smallest absolute Gasteiger partial charge is 0.338 e. The van der Waals surface area contributed by atoms with Crippen molar-refractivity contribution < 1.29 is 14.3 Å². The van der Waals surface area contributed by atoms with Gasteiger partial charge in [0.2, 0.25) is 5.91 Å². The molecule has 1 aromatic rings. The van der Waals surface area contributed by atoms with Crippen molar-refractivity contribution in [1.29, 1.82) is 0 Å². The van der Waals surface area contributed by atoms with E-state index in [0.717, 1.165) is 37.7 Å². The van der Waals surface area contributed by atoms with Gasteiger partial charge >= 0.3 is 5.97 Å². The van der Waals surface area contributed by atoms with Crippen LogP contribution < -0.4 is 5.32 Å². The topological polar surface area (TPSA) is 55.4 Å². The van der Waals surface area contributed by atoms with E-state index < -0.39 is 0 Å². The second-order valence-corrected chi connectivity index (χ2v) is 5.20. The molecule has 0 spiro atoms. The van der Waals surface area contributed by atoms with Gasteiger partial charge in [0.05, 0.1) is 12.7 Å². The number of hydrogen-bond donors (Lipinski definition) is 1. The van der Waals surface area contributed by atoms with Crippen LogP contribution >= 0.6 is 0 Å². The maximum absolute atomic E-state index is 11.7. The number of aryl methyl sites for hydroxylation is 1. The lowest BCUT2D eigenvalue weighted by molar-refractivity contribution is -0.121. The van der Waals surface area contributed by atoms with Gasteiger partial charge in [0.15, 0.2) is 0 Å². The molecular weight excluding hydrogens is 254 g/mol. The van der Waals surface area contributed by atoms with Crippen LogP contribution in [0.2, 0.25) is 0 Å². The highest BCUT2D eigenvalue weighted by Crippen LogP contribution is 2.17. The lowest BCUT2D eigenvalue weighted by Crippen LogP contribution is -2.33. The first-order chi connectivity index (χ1) is 9.70. The molecule has 4 heteroatoms. The van der Waals surface area contributed by atoms with E-state index in [1.165, 1.54) is 7.11 Å². The number of rotatable bonds is 4. The van der Waals surface area contributed by atoms with E-state index in [1.807, 2.05) is 18.2 Å². The van der Waals surface area contributed by atoms with E-state index in [1.54, 1.807) is 6.07 Å². The molecule has 0 saturated carbocycles. The van der Waals surface area contributed by atoms with E-state index in [0.29, 0.717) is 12.0 Å². The predicted molar refractivity (Wildman–Crippen MR) is 76.5 cm³/mol. The minimum Gasteiger partial charge on any atom is -0.465 e. The van der Waals surface area contributed by atoms with Gasteiger partial charge in [-0.1, -0.05) is 24.6 Å². The standard InChI is InChI=1S/C16H21NO3/c1-20-16(19)14-8-4-2-6-12(14)10-11-13-7-3-5-9-15(18)17-13/h2,4,6,8,13H,3,5,7,9-11H2,1H3,(H,17,18). The Hall–Kier alpha value is -1.84. The molecule has 0 bridgehead atoms. The van der Waals surface area contributed by atoms with Gasteiger partial charge < -0.3 is 10.1 Å². The zero-order valence-electron chi connectivity index (χ0n) is 11.9. The summed E-state index contributed by atoms with van der Waals surface area (Å²) in [4.78, 5) is 23.2. The summed E-state index contributed by atoms with van der Waals surface area (Å²) in [5, 5.41) is 3.06. The molecule has 1 heterocycles. The number of benzene rings is 1. The molecule has 1 aliphatic heterocycles. The Balaban J connectivity index is 1.99. The second kappa shape index (κ2) is 7.08. The third-order valence-electron chi connectivity index (χ3n) is 3.76. The highest BCUT2D eigenvalue weighted by molar-refractivity contribution is 5.90. The van der Waals surface area contributed by atoms with Gasteiger partial charge in [0, 0.05) is 12.5 Å². The van der Waals surface area contributed by atoms with Crippen molar-refractivity contribution in [2.75, 3.05) is 7.11 Å². The maximum atomic E-state index is 11.7. The molecule has 1 saturated heterocycles. The third-order valence-corrected chi connectivity index (χ3v) is 3.76. The van der Waals surface area contributed by atoms with Gasteiger partial charge in [-0.05, 0) is 37.3 Å². The number of hydrogen-bond acceptors (Lipinski definition) is 3. The van der Waals surface area contributed by atoms with Gasteiger partial charge in [0.1, 0.15) is 0 Å². The molecule has 1 atom stereocenters. The van der Waals surface area contributed by atoms with Crippen molar-refractivity contribution in [2.24, 2.45) is 0 Å². The highest BCUT2D eigenvalue weighted by Gasteiger charge is 2.17. The number of nitrogens with one attached hydrogen (secondary N) is 1. The summed E-state index contributed by atoms with van der Waals surface area (Å²) < 4.78 is 4.80. The SMILES string of the molecule is COC(=O)c1ccccc1CCC1CCCCC(=O)N1. The van der Waals surface area contributed by atoms with E-state index in [2.05, 4.69) is 5.32 Å². The molecule has 0 aliphatic carbocycles. The van der Waals surface area contributed by atoms with Gasteiger partial charge in [-0.2, -0.15) is 0 Å². The van der Waals surface area contributed by atoms with Gasteiger partial charge in [0.25, 0.3) is 0 Å². The molecule has 1 aromatic carbocycles. The summed E-state index contributed by atoms with van der Waals surface area (Å²) in [6.07, 6.45) is 5.35. The van der Waals surface area contributed by atoms with Crippen molar-refractivity contribution >= 4 is 11.9 Å². The molecule has 4 nitrogen and oxygen atoms in total. The van der Waals surface area contributed by atoms with Crippen LogP contribution in [0.25, 0.3) is 0 Å². The van der Waals surface area contributed by atoms with E-state index in [-0.39, 0.29) is 17.9 Å². The molecule has 1 aliphatic rings. The maximum Gasteiger partial charge on any atom is 0.338 e. The number of carbonyl (C=O) groups excluding carboxylic acids is 2. The molecular formula is C16H21NO3.